The van der Waals surface area contributed by atoms with E-state index in [2.05, 4.69) is 62.3 Å². The van der Waals surface area contributed by atoms with Gasteiger partial charge in [0.1, 0.15) is 5.69 Å². The summed E-state index contributed by atoms with van der Waals surface area (Å²) in [7, 11) is 0. The van der Waals surface area contributed by atoms with Crippen LogP contribution in [0.2, 0.25) is 0 Å². The first-order valence-corrected chi connectivity index (χ1v) is 7.17. The minimum absolute atomic E-state index is 0.0634. The van der Waals surface area contributed by atoms with Crippen molar-refractivity contribution in [3.8, 4) is 5.69 Å². The summed E-state index contributed by atoms with van der Waals surface area (Å²) in [5.74, 6) is 1.01. The van der Waals surface area contributed by atoms with E-state index in [1.54, 1.807) is 0 Å². The predicted molar refractivity (Wildman–Crippen MR) is 79.9 cm³/mol. The van der Waals surface area contributed by atoms with Crippen molar-refractivity contribution in [2.75, 3.05) is 0 Å². The fraction of sp³-hybridized carbons (Fsp3) is 0.500. The number of hydrogen-bond acceptors (Lipinski definition) is 3. The molecule has 0 saturated heterocycles. The molecule has 0 spiro atoms. The number of nitrogens with zero attached hydrogens (tertiary/aromatic N) is 3. The van der Waals surface area contributed by atoms with Crippen LogP contribution in [-0.2, 0) is 13.0 Å². The molecule has 0 aliphatic heterocycles. The molecule has 1 aromatic heterocycles. The Kier molecular flexibility index (Phi) is 4.55. The van der Waals surface area contributed by atoms with Crippen molar-refractivity contribution in [3.63, 3.8) is 0 Å². The number of aliphatic hydroxyl groups is 1. The average Bonchev–Trinajstić information content (AvgIpc) is 2.81. The van der Waals surface area contributed by atoms with Crippen molar-refractivity contribution in [3.05, 3.63) is 41.2 Å². The van der Waals surface area contributed by atoms with Crippen LogP contribution in [-0.4, -0.2) is 20.1 Å². The van der Waals surface area contributed by atoms with Gasteiger partial charge in [-0.25, -0.2) is 4.68 Å². The molecule has 1 aromatic carbocycles. The van der Waals surface area contributed by atoms with Crippen LogP contribution < -0.4 is 0 Å². The van der Waals surface area contributed by atoms with Gasteiger partial charge in [0.15, 0.2) is 0 Å². The molecule has 0 fully saturated rings. The summed E-state index contributed by atoms with van der Waals surface area (Å²) in [6.07, 6.45) is 0.856. The van der Waals surface area contributed by atoms with Gasteiger partial charge in [-0.2, -0.15) is 0 Å². The number of rotatable bonds is 5. The van der Waals surface area contributed by atoms with Gasteiger partial charge < -0.3 is 5.11 Å². The van der Waals surface area contributed by atoms with Crippen LogP contribution in [0.4, 0.5) is 0 Å². The molecule has 0 saturated carbocycles. The maximum Gasteiger partial charge on any atom is 0.112 e. The number of aliphatic hydroxyl groups excluding tert-OH is 1. The largest absolute Gasteiger partial charge is 0.390 e. The number of benzene rings is 1. The van der Waals surface area contributed by atoms with Crippen molar-refractivity contribution in [2.45, 2.75) is 46.6 Å². The van der Waals surface area contributed by atoms with Crippen LogP contribution in [0, 0.1) is 5.92 Å². The second-order valence-corrected chi connectivity index (χ2v) is 5.90. The van der Waals surface area contributed by atoms with Crippen molar-refractivity contribution in [1.82, 2.24) is 15.0 Å². The molecular weight excluding hydrogens is 250 g/mol. The smallest absolute Gasteiger partial charge is 0.112 e. The first kappa shape index (κ1) is 14.7. The molecule has 0 amide bonds. The van der Waals surface area contributed by atoms with E-state index in [0.29, 0.717) is 17.5 Å². The Balaban J connectivity index is 2.38. The van der Waals surface area contributed by atoms with Gasteiger partial charge in [0.25, 0.3) is 0 Å². The number of aromatic nitrogens is 3. The van der Waals surface area contributed by atoms with Crippen LogP contribution in [0.1, 0.15) is 50.6 Å². The highest BCUT2D eigenvalue weighted by Crippen LogP contribution is 2.20. The summed E-state index contributed by atoms with van der Waals surface area (Å²) >= 11 is 0. The molecule has 1 N–H and O–H groups in total. The van der Waals surface area contributed by atoms with Gasteiger partial charge in [-0.1, -0.05) is 45.0 Å². The van der Waals surface area contributed by atoms with E-state index in [-0.39, 0.29) is 6.61 Å². The maximum atomic E-state index is 9.39. The van der Waals surface area contributed by atoms with Crippen LogP contribution in [0.15, 0.2) is 24.3 Å². The molecule has 20 heavy (non-hydrogen) atoms. The Morgan fingerprint density at radius 3 is 2.25 bits per heavy atom. The second-order valence-electron chi connectivity index (χ2n) is 5.90. The lowest BCUT2D eigenvalue weighted by atomic mass is 10.0. The van der Waals surface area contributed by atoms with Crippen LogP contribution in [0.3, 0.4) is 0 Å². The molecule has 2 rings (SSSR count). The zero-order chi connectivity index (χ0) is 14.7. The summed E-state index contributed by atoms with van der Waals surface area (Å²) < 4.78 is 1.84. The zero-order valence-electron chi connectivity index (χ0n) is 12.7. The molecular formula is C16H23N3O. The van der Waals surface area contributed by atoms with E-state index < -0.39 is 0 Å². The summed E-state index contributed by atoms with van der Waals surface area (Å²) in [4.78, 5) is 0. The Labute approximate surface area is 120 Å². The summed E-state index contributed by atoms with van der Waals surface area (Å²) in [6.45, 7) is 8.60. The topological polar surface area (TPSA) is 50.9 Å². The molecule has 108 valence electrons. The second kappa shape index (κ2) is 6.18. The maximum absolute atomic E-state index is 9.39. The molecule has 2 aromatic rings. The molecule has 0 unspecified atom stereocenters. The van der Waals surface area contributed by atoms with Crippen LogP contribution >= 0.6 is 0 Å². The van der Waals surface area contributed by atoms with Crippen molar-refractivity contribution < 1.29 is 5.11 Å². The molecule has 4 nitrogen and oxygen atoms in total. The van der Waals surface area contributed by atoms with E-state index in [1.807, 2.05) is 4.68 Å². The highest BCUT2D eigenvalue weighted by atomic mass is 16.3. The van der Waals surface area contributed by atoms with Gasteiger partial charge in [-0.3, -0.25) is 0 Å². The van der Waals surface area contributed by atoms with E-state index in [1.165, 1.54) is 5.56 Å². The van der Waals surface area contributed by atoms with Crippen LogP contribution in [0.25, 0.3) is 5.69 Å². The Morgan fingerprint density at radius 2 is 1.75 bits per heavy atom. The molecule has 0 atom stereocenters. The zero-order valence-corrected chi connectivity index (χ0v) is 12.7. The minimum atomic E-state index is -0.0634. The third-order valence-electron chi connectivity index (χ3n) is 3.40. The van der Waals surface area contributed by atoms with Gasteiger partial charge in [0, 0.05) is 0 Å². The standard InChI is InChI=1S/C16H23N3O/c1-11(2)9-16-15(10-20)17-18-19(16)14-7-5-13(6-8-14)12(3)4/h5-8,11-12,20H,9-10H2,1-4H3. The first-order valence-electron chi connectivity index (χ1n) is 7.17. The fourth-order valence-electron chi connectivity index (χ4n) is 2.25. The summed E-state index contributed by atoms with van der Waals surface area (Å²) in [6, 6.07) is 8.38. The molecule has 4 heteroatoms. The SMILES string of the molecule is CC(C)Cc1c(CO)nnn1-c1ccc(C(C)C)cc1. The third-order valence-corrected chi connectivity index (χ3v) is 3.40. The molecule has 0 aliphatic carbocycles. The van der Waals surface area contributed by atoms with Gasteiger partial charge in [0.05, 0.1) is 18.0 Å². The lowest BCUT2D eigenvalue weighted by Crippen LogP contribution is -2.07. The molecule has 1 heterocycles. The highest BCUT2D eigenvalue weighted by Gasteiger charge is 2.15. The quantitative estimate of drug-likeness (QED) is 0.910. The van der Waals surface area contributed by atoms with Crippen molar-refractivity contribution in [2.24, 2.45) is 5.92 Å². The number of hydrogen-bond donors (Lipinski definition) is 1. The van der Waals surface area contributed by atoms with Gasteiger partial charge in [0.2, 0.25) is 0 Å². The van der Waals surface area contributed by atoms with Crippen LogP contribution in [0.5, 0.6) is 0 Å². The lowest BCUT2D eigenvalue weighted by Gasteiger charge is -2.11. The van der Waals surface area contributed by atoms with Gasteiger partial charge >= 0.3 is 0 Å². The fourth-order valence-corrected chi connectivity index (χ4v) is 2.25. The van der Waals surface area contributed by atoms with E-state index in [9.17, 15) is 5.11 Å². The molecule has 0 radical (unpaired) electrons. The monoisotopic (exact) mass is 273 g/mol. The summed E-state index contributed by atoms with van der Waals surface area (Å²) in [5, 5.41) is 17.7. The first-order chi connectivity index (χ1) is 9.52. The van der Waals surface area contributed by atoms with Gasteiger partial charge in [-0.15, -0.1) is 5.10 Å². The van der Waals surface area contributed by atoms with E-state index in [4.69, 9.17) is 0 Å². The lowest BCUT2D eigenvalue weighted by molar-refractivity contribution is 0.275. The molecule has 0 aliphatic rings. The normalized spacial score (nSPS) is 11.6. The third kappa shape index (κ3) is 3.07. The Morgan fingerprint density at radius 1 is 1.10 bits per heavy atom. The highest BCUT2D eigenvalue weighted by molar-refractivity contribution is 5.37. The minimum Gasteiger partial charge on any atom is -0.390 e. The van der Waals surface area contributed by atoms with Gasteiger partial charge in [-0.05, 0) is 36.0 Å². The Bertz CT molecular complexity index is 556. The summed E-state index contributed by atoms with van der Waals surface area (Å²) in [5.41, 5.74) is 3.98. The van der Waals surface area contributed by atoms with Crippen molar-refractivity contribution in [1.29, 1.82) is 0 Å². The van der Waals surface area contributed by atoms with Crippen molar-refractivity contribution >= 4 is 0 Å². The average molecular weight is 273 g/mol. The Hall–Kier alpha value is -1.68. The van der Waals surface area contributed by atoms with E-state index >= 15 is 0 Å². The predicted octanol–water partition coefficient (Wildman–Crippen LogP) is 3.08. The van der Waals surface area contributed by atoms with E-state index in [0.717, 1.165) is 17.8 Å². The molecule has 0 bridgehead atoms.